The Hall–Kier alpha value is -1.56. The molecule has 126 valence electrons. The number of hydrogen-bond acceptors (Lipinski definition) is 3. The van der Waals surface area contributed by atoms with Crippen LogP contribution in [0.2, 0.25) is 10.0 Å². The first-order valence-corrected chi connectivity index (χ1v) is 8.81. The lowest BCUT2D eigenvalue weighted by atomic mass is 10.0. The molecule has 24 heavy (non-hydrogen) atoms. The summed E-state index contributed by atoms with van der Waals surface area (Å²) in [5, 5.41) is 5.30. The van der Waals surface area contributed by atoms with E-state index in [4.69, 9.17) is 23.2 Å². The molecule has 2 aliphatic rings. The van der Waals surface area contributed by atoms with Gasteiger partial charge in [-0.25, -0.2) is 4.79 Å². The smallest absolute Gasteiger partial charge is 0.322 e. The summed E-state index contributed by atoms with van der Waals surface area (Å²) in [6.45, 7) is 4.43. The van der Waals surface area contributed by atoms with Crippen LogP contribution in [0.5, 0.6) is 0 Å². The zero-order valence-corrected chi connectivity index (χ0v) is 14.6. The minimum absolute atomic E-state index is 0.0889. The van der Waals surface area contributed by atoms with Gasteiger partial charge in [-0.3, -0.25) is 4.90 Å². The first-order valence-electron chi connectivity index (χ1n) is 8.05. The van der Waals surface area contributed by atoms with E-state index in [0.717, 1.165) is 37.7 Å². The molecule has 2 saturated heterocycles. The van der Waals surface area contributed by atoms with Crippen LogP contribution in [0.3, 0.4) is 0 Å². The Morgan fingerprint density at radius 2 is 1.83 bits per heavy atom. The fourth-order valence-electron chi connectivity index (χ4n) is 3.79. The van der Waals surface area contributed by atoms with Gasteiger partial charge in [0, 0.05) is 37.7 Å². The van der Waals surface area contributed by atoms with Crippen molar-refractivity contribution < 1.29 is 4.79 Å². The maximum Gasteiger partial charge on any atom is 0.344 e. The fraction of sp³-hybridized carbons (Fsp3) is 0.412. The molecule has 1 aromatic heterocycles. The third kappa shape index (κ3) is 3.04. The molecule has 7 heteroatoms. The number of rotatable bonds is 2. The van der Waals surface area contributed by atoms with Gasteiger partial charge in [0.1, 0.15) is 0 Å². The first kappa shape index (κ1) is 15.9. The predicted molar refractivity (Wildman–Crippen MR) is 93.3 cm³/mol. The molecule has 0 aliphatic carbocycles. The number of fused-ring (bicyclic) bond motifs is 1. The van der Waals surface area contributed by atoms with Crippen LogP contribution in [-0.2, 0) is 6.54 Å². The normalized spacial score (nSPS) is 23.7. The first-order chi connectivity index (χ1) is 11.6. The van der Waals surface area contributed by atoms with E-state index in [1.54, 1.807) is 6.20 Å². The molecule has 0 saturated carbocycles. The molecule has 0 radical (unpaired) electrons. The summed E-state index contributed by atoms with van der Waals surface area (Å²) < 4.78 is 1.32. The molecule has 0 N–H and O–H groups in total. The lowest BCUT2D eigenvalue weighted by molar-refractivity contribution is 0.197. The van der Waals surface area contributed by atoms with E-state index in [1.807, 2.05) is 23.1 Å². The number of nitrogens with zero attached hydrogens (tertiary/aromatic N) is 4. The van der Waals surface area contributed by atoms with E-state index in [1.165, 1.54) is 16.4 Å². The summed E-state index contributed by atoms with van der Waals surface area (Å²) in [7, 11) is 0. The Morgan fingerprint density at radius 3 is 2.46 bits per heavy atom. The molecule has 2 atom stereocenters. The number of aromatic nitrogens is 2. The highest BCUT2D eigenvalue weighted by Gasteiger charge is 2.41. The third-order valence-corrected chi connectivity index (χ3v) is 5.50. The largest absolute Gasteiger partial charge is 0.344 e. The Kier molecular flexibility index (Phi) is 4.24. The summed E-state index contributed by atoms with van der Waals surface area (Å²) in [6, 6.07) is 7.90. The molecular weight excluding hydrogens is 347 g/mol. The van der Waals surface area contributed by atoms with E-state index in [0.29, 0.717) is 16.9 Å². The second kappa shape index (κ2) is 6.39. The van der Waals surface area contributed by atoms with Crippen molar-refractivity contribution in [3.8, 4) is 0 Å². The zero-order chi connectivity index (χ0) is 16.7. The van der Waals surface area contributed by atoms with E-state index in [2.05, 4.69) is 16.1 Å². The molecule has 2 aromatic rings. The summed E-state index contributed by atoms with van der Waals surface area (Å²) in [5.74, 6) is 1.03. The van der Waals surface area contributed by atoms with Crippen LogP contribution in [-0.4, -0.2) is 51.8 Å². The van der Waals surface area contributed by atoms with E-state index in [-0.39, 0.29) is 6.03 Å². The Balaban J connectivity index is 1.37. The minimum Gasteiger partial charge on any atom is -0.322 e. The Morgan fingerprint density at radius 1 is 1.12 bits per heavy atom. The highest BCUT2D eigenvalue weighted by atomic mass is 35.5. The number of benzene rings is 1. The van der Waals surface area contributed by atoms with Crippen molar-refractivity contribution >= 4 is 29.2 Å². The maximum absolute atomic E-state index is 12.4. The molecule has 2 unspecified atom stereocenters. The van der Waals surface area contributed by atoms with Crippen molar-refractivity contribution in [3.05, 3.63) is 52.3 Å². The summed E-state index contributed by atoms with van der Waals surface area (Å²) in [5.41, 5.74) is 1.17. The lowest BCUT2D eigenvalue weighted by Crippen LogP contribution is -2.36. The van der Waals surface area contributed by atoms with Crippen molar-refractivity contribution in [1.82, 2.24) is 19.6 Å². The van der Waals surface area contributed by atoms with Crippen molar-refractivity contribution in [1.29, 1.82) is 0 Å². The Labute approximate surface area is 150 Å². The van der Waals surface area contributed by atoms with Crippen molar-refractivity contribution in [2.75, 3.05) is 26.2 Å². The third-order valence-electron chi connectivity index (χ3n) is 4.93. The quantitative estimate of drug-likeness (QED) is 0.821. The van der Waals surface area contributed by atoms with Crippen molar-refractivity contribution in [2.24, 2.45) is 11.8 Å². The van der Waals surface area contributed by atoms with Crippen LogP contribution >= 0.6 is 23.2 Å². The molecule has 3 heterocycles. The molecule has 5 nitrogen and oxygen atoms in total. The second-order valence-electron chi connectivity index (χ2n) is 6.60. The van der Waals surface area contributed by atoms with Gasteiger partial charge in [-0.15, -0.1) is 0 Å². The standard InChI is InChI=1S/C17H18Cl2N4O/c18-15-5-20-23(11-15)17(24)22-9-13-7-21(8-14(13)10-22)6-12-3-1-2-4-16(12)19/h1-5,11,13-14H,6-10H2. The van der Waals surface area contributed by atoms with E-state index < -0.39 is 0 Å². The summed E-state index contributed by atoms with van der Waals surface area (Å²) >= 11 is 12.1. The second-order valence-corrected chi connectivity index (χ2v) is 7.44. The fourth-order valence-corrected chi connectivity index (χ4v) is 4.13. The van der Waals surface area contributed by atoms with Gasteiger partial charge >= 0.3 is 6.03 Å². The van der Waals surface area contributed by atoms with Crippen LogP contribution in [0.4, 0.5) is 4.79 Å². The van der Waals surface area contributed by atoms with Crippen LogP contribution in [0, 0.1) is 11.8 Å². The monoisotopic (exact) mass is 364 g/mol. The predicted octanol–water partition coefficient (Wildman–Crippen LogP) is 3.22. The van der Waals surface area contributed by atoms with Crippen LogP contribution in [0.1, 0.15) is 5.56 Å². The number of hydrogen-bond donors (Lipinski definition) is 0. The van der Waals surface area contributed by atoms with Gasteiger partial charge in [0.2, 0.25) is 0 Å². The van der Waals surface area contributed by atoms with E-state index in [9.17, 15) is 4.79 Å². The van der Waals surface area contributed by atoms with Gasteiger partial charge in [-0.05, 0) is 23.5 Å². The molecule has 4 rings (SSSR count). The molecular formula is C17H18Cl2N4O. The summed E-state index contributed by atoms with van der Waals surface area (Å²) in [4.78, 5) is 16.8. The van der Waals surface area contributed by atoms with Gasteiger partial charge in [0.05, 0.1) is 17.4 Å². The minimum atomic E-state index is -0.0889. The SMILES string of the molecule is O=C(N1CC2CN(Cc3ccccc3Cl)CC2C1)n1cc(Cl)cn1. The average Bonchev–Trinajstić information content (AvgIpc) is 3.23. The van der Waals surface area contributed by atoms with Gasteiger partial charge in [0.25, 0.3) is 0 Å². The topological polar surface area (TPSA) is 41.4 Å². The number of halogens is 2. The van der Waals surface area contributed by atoms with Crippen LogP contribution < -0.4 is 0 Å². The molecule has 0 bridgehead atoms. The molecule has 0 spiro atoms. The Bertz CT molecular complexity index is 749. The van der Waals surface area contributed by atoms with E-state index >= 15 is 0 Å². The average molecular weight is 365 g/mol. The number of carbonyl (C=O) groups is 1. The lowest BCUT2D eigenvalue weighted by Gasteiger charge is -2.21. The highest BCUT2D eigenvalue weighted by Crippen LogP contribution is 2.33. The van der Waals surface area contributed by atoms with Gasteiger partial charge in [-0.2, -0.15) is 9.78 Å². The van der Waals surface area contributed by atoms with Crippen molar-refractivity contribution in [2.45, 2.75) is 6.54 Å². The van der Waals surface area contributed by atoms with Gasteiger partial charge in [-0.1, -0.05) is 41.4 Å². The van der Waals surface area contributed by atoms with Crippen molar-refractivity contribution in [3.63, 3.8) is 0 Å². The van der Waals surface area contributed by atoms with Gasteiger partial charge < -0.3 is 4.90 Å². The molecule has 1 amide bonds. The molecule has 2 fully saturated rings. The number of likely N-dealkylation sites (tertiary alicyclic amines) is 2. The van der Waals surface area contributed by atoms with Gasteiger partial charge in [0.15, 0.2) is 0 Å². The zero-order valence-electron chi connectivity index (χ0n) is 13.1. The molecule has 2 aliphatic heterocycles. The number of amides is 1. The highest BCUT2D eigenvalue weighted by molar-refractivity contribution is 6.31. The van der Waals surface area contributed by atoms with Crippen LogP contribution in [0.25, 0.3) is 0 Å². The summed E-state index contributed by atoms with van der Waals surface area (Å²) in [6.07, 6.45) is 3.05. The molecule has 1 aromatic carbocycles. The number of carbonyl (C=O) groups excluding carboxylic acids is 1. The van der Waals surface area contributed by atoms with Crippen LogP contribution in [0.15, 0.2) is 36.7 Å². The maximum atomic E-state index is 12.4.